The first-order valence-corrected chi connectivity index (χ1v) is 9.59. The largest absolute Gasteiger partial charge is 0.486 e. The molecule has 142 valence electrons. The number of hydrogen-bond donors (Lipinski definition) is 1. The van der Waals surface area contributed by atoms with Crippen molar-refractivity contribution in [1.29, 1.82) is 0 Å². The van der Waals surface area contributed by atoms with Crippen LogP contribution in [-0.4, -0.2) is 20.6 Å². The predicted octanol–water partition coefficient (Wildman–Crippen LogP) is 5.28. The molecule has 0 saturated carbocycles. The van der Waals surface area contributed by atoms with Gasteiger partial charge in [0, 0.05) is 6.54 Å². The third-order valence-corrected chi connectivity index (χ3v) is 4.69. The number of para-hydroxylation sites is 2. The quantitative estimate of drug-likeness (QED) is 0.496. The Bertz CT molecular complexity index is 884. The molecule has 0 aliphatic carbocycles. The summed E-state index contributed by atoms with van der Waals surface area (Å²) in [5.74, 6) is 0.599. The van der Waals surface area contributed by atoms with E-state index in [9.17, 15) is 4.79 Å². The standard InChI is InChI=1S/C22H26N2O3/c1-2-3-4-5-8-15-24-20-10-7-6-9-19(20)23-21(24)16-27-18-13-11-17(12-14-18)22(25)26/h6-7,9-14H,2-5,8,15-16H2,1H3,(H,25,26). The van der Waals surface area contributed by atoms with Crippen LogP contribution in [0.1, 0.15) is 55.2 Å². The lowest BCUT2D eigenvalue weighted by Crippen LogP contribution is -2.08. The number of aromatic carboxylic acids is 1. The lowest BCUT2D eigenvalue weighted by atomic mass is 10.1. The van der Waals surface area contributed by atoms with Gasteiger partial charge in [0.15, 0.2) is 0 Å². The molecule has 2 aromatic carbocycles. The van der Waals surface area contributed by atoms with Crippen molar-refractivity contribution in [1.82, 2.24) is 9.55 Å². The summed E-state index contributed by atoms with van der Waals surface area (Å²) < 4.78 is 8.11. The van der Waals surface area contributed by atoms with Crippen molar-refractivity contribution in [2.24, 2.45) is 0 Å². The van der Waals surface area contributed by atoms with E-state index in [0.717, 1.165) is 29.8 Å². The monoisotopic (exact) mass is 366 g/mol. The van der Waals surface area contributed by atoms with Crippen LogP contribution >= 0.6 is 0 Å². The molecular weight excluding hydrogens is 340 g/mol. The Hall–Kier alpha value is -2.82. The van der Waals surface area contributed by atoms with E-state index in [1.807, 2.05) is 18.2 Å². The SMILES string of the molecule is CCCCCCCn1c(COc2ccc(C(=O)O)cc2)nc2ccccc21. The van der Waals surface area contributed by atoms with Gasteiger partial charge in [-0.05, 0) is 42.8 Å². The van der Waals surface area contributed by atoms with E-state index in [4.69, 9.17) is 14.8 Å². The number of unbranched alkanes of at least 4 members (excludes halogenated alkanes) is 4. The molecule has 0 amide bonds. The fraction of sp³-hybridized carbons (Fsp3) is 0.364. The second-order valence-electron chi connectivity index (χ2n) is 6.70. The highest BCUT2D eigenvalue weighted by Crippen LogP contribution is 2.20. The van der Waals surface area contributed by atoms with Crippen LogP contribution in [0.3, 0.4) is 0 Å². The Morgan fingerprint density at radius 1 is 1.04 bits per heavy atom. The molecule has 1 aromatic heterocycles. The van der Waals surface area contributed by atoms with E-state index in [2.05, 4.69) is 17.6 Å². The Balaban J connectivity index is 1.70. The van der Waals surface area contributed by atoms with E-state index in [1.54, 1.807) is 24.3 Å². The van der Waals surface area contributed by atoms with Crippen molar-refractivity contribution < 1.29 is 14.6 Å². The number of fused-ring (bicyclic) bond motifs is 1. The Morgan fingerprint density at radius 3 is 2.52 bits per heavy atom. The van der Waals surface area contributed by atoms with E-state index in [1.165, 1.54) is 25.7 Å². The first kappa shape index (κ1) is 19.0. The van der Waals surface area contributed by atoms with Crippen LogP contribution in [0.5, 0.6) is 5.75 Å². The summed E-state index contributed by atoms with van der Waals surface area (Å²) in [4.78, 5) is 15.7. The van der Waals surface area contributed by atoms with Gasteiger partial charge in [0.25, 0.3) is 0 Å². The Kier molecular flexibility index (Phi) is 6.47. The van der Waals surface area contributed by atoms with Gasteiger partial charge in [0.05, 0.1) is 16.6 Å². The smallest absolute Gasteiger partial charge is 0.335 e. The number of hydrogen-bond acceptors (Lipinski definition) is 3. The molecule has 3 aromatic rings. The van der Waals surface area contributed by atoms with Crippen molar-refractivity contribution >= 4 is 17.0 Å². The van der Waals surface area contributed by atoms with Gasteiger partial charge in [-0.25, -0.2) is 9.78 Å². The number of ether oxygens (including phenoxy) is 1. The summed E-state index contributed by atoms with van der Waals surface area (Å²) >= 11 is 0. The summed E-state index contributed by atoms with van der Waals surface area (Å²) in [6.45, 7) is 3.51. The van der Waals surface area contributed by atoms with Gasteiger partial charge in [-0.2, -0.15) is 0 Å². The van der Waals surface area contributed by atoms with Gasteiger partial charge in [-0.3, -0.25) is 0 Å². The maximum absolute atomic E-state index is 10.9. The minimum atomic E-state index is -0.939. The van der Waals surface area contributed by atoms with Crippen molar-refractivity contribution in [3.8, 4) is 5.75 Å². The lowest BCUT2D eigenvalue weighted by molar-refractivity contribution is 0.0697. The number of carboxylic acid groups (broad SMARTS) is 1. The van der Waals surface area contributed by atoms with Gasteiger partial charge in [0.1, 0.15) is 18.2 Å². The zero-order valence-corrected chi connectivity index (χ0v) is 15.7. The highest BCUT2D eigenvalue weighted by atomic mass is 16.5. The zero-order chi connectivity index (χ0) is 19.1. The molecule has 3 rings (SSSR count). The predicted molar refractivity (Wildman–Crippen MR) is 106 cm³/mol. The van der Waals surface area contributed by atoms with E-state index in [0.29, 0.717) is 12.4 Å². The number of imidazole rings is 1. The third kappa shape index (κ3) is 4.88. The molecule has 1 heterocycles. The molecule has 0 aliphatic rings. The number of rotatable bonds is 10. The van der Waals surface area contributed by atoms with E-state index in [-0.39, 0.29) is 5.56 Å². The first-order valence-electron chi connectivity index (χ1n) is 9.59. The lowest BCUT2D eigenvalue weighted by Gasteiger charge is -2.11. The highest BCUT2D eigenvalue weighted by molar-refractivity contribution is 5.87. The minimum Gasteiger partial charge on any atom is -0.486 e. The topological polar surface area (TPSA) is 64.3 Å². The van der Waals surface area contributed by atoms with Crippen molar-refractivity contribution in [3.05, 3.63) is 59.9 Å². The molecule has 1 N–H and O–H groups in total. The Labute approximate surface area is 159 Å². The van der Waals surface area contributed by atoms with Crippen molar-refractivity contribution in [2.75, 3.05) is 0 Å². The molecule has 0 saturated heterocycles. The summed E-state index contributed by atoms with van der Waals surface area (Å²) in [7, 11) is 0. The van der Waals surface area contributed by atoms with Gasteiger partial charge in [-0.15, -0.1) is 0 Å². The first-order chi connectivity index (χ1) is 13.2. The molecule has 27 heavy (non-hydrogen) atoms. The molecule has 0 unspecified atom stereocenters. The molecule has 5 heteroatoms. The molecule has 0 fully saturated rings. The van der Waals surface area contributed by atoms with Crippen molar-refractivity contribution in [3.63, 3.8) is 0 Å². The van der Waals surface area contributed by atoms with E-state index < -0.39 is 5.97 Å². The second kappa shape index (κ2) is 9.21. The number of carbonyl (C=O) groups is 1. The van der Waals surface area contributed by atoms with Gasteiger partial charge >= 0.3 is 5.97 Å². The average molecular weight is 366 g/mol. The van der Waals surface area contributed by atoms with Crippen LogP contribution < -0.4 is 4.74 Å². The number of aromatic nitrogens is 2. The summed E-state index contributed by atoms with van der Waals surface area (Å²) in [5.41, 5.74) is 2.36. The van der Waals surface area contributed by atoms with Gasteiger partial charge < -0.3 is 14.4 Å². The molecular formula is C22H26N2O3. The Morgan fingerprint density at radius 2 is 1.78 bits per heavy atom. The number of nitrogens with zero attached hydrogens (tertiary/aromatic N) is 2. The second-order valence-corrected chi connectivity index (χ2v) is 6.70. The normalized spacial score (nSPS) is 11.0. The number of benzene rings is 2. The molecule has 5 nitrogen and oxygen atoms in total. The van der Waals surface area contributed by atoms with Crippen molar-refractivity contribution in [2.45, 2.75) is 52.2 Å². The zero-order valence-electron chi connectivity index (χ0n) is 15.7. The van der Waals surface area contributed by atoms with Crippen LogP contribution in [0.25, 0.3) is 11.0 Å². The van der Waals surface area contributed by atoms with Crippen LogP contribution in [0.2, 0.25) is 0 Å². The number of aryl methyl sites for hydroxylation is 1. The highest BCUT2D eigenvalue weighted by Gasteiger charge is 2.11. The van der Waals surface area contributed by atoms with E-state index >= 15 is 0 Å². The molecule has 0 atom stereocenters. The molecule has 0 aliphatic heterocycles. The number of carboxylic acids is 1. The van der Waals surface area contributed by atoms with Gasteiger partial charge in [0.2, 0.25) is 0 Å². The minimum absolute atomic E-state index is 0.252. The molecule has 0 bridgehead atoms. The summed E-state index contributed by atoms with van der Waals surface area (Å²) in [5, 5.41) is 8.98. The fourth-order valence-corrected chi connectivity index (χ4v) is 3.20. The summed E-state index contributed by atoms with van der Waals surface area (Å²) in [6.07, 6.45) is 6.14. The van der Waals surface area contributed by atoms with Crippen LogP contribution in [-0.2, 0) is 13.2 Å². The maximum atomic E-state index is 10.9. The van der Waals surface area contributed by atoms with Crippen LogP contribution in [0.15, 0.2) is 48.5 Å². The third-order valence-electron chi connectivity index (χ3n) is 4.69. The molecule has 0 spiro atoms. The molecule has 0 radical (unpaired) electrons. The van der Waals surface area contributed by atoms with Crippen LogP contribution in [0.4, 0.5) is 0 Å². The van der Waals surface area contributed by atoms with Crippen LogP contribution in [0, 0.1) is 0 Å². The maximum Gasteiger partial charge on any atom is 0.335 e. The van der Waals surface area contributed by atoms with Gasteiger partial charge in [-0.1, -0.05) is 44.7 Å². The summed E-state index contributed by atoms with van der Waals surface area (Å²) in [6, 6.07) is 14.6. The average Bonchev–Trinajstić information content (AvgIpc) is 3.04. The fourth-order valence-electron chi connectivity index (χ4n) is 3.20.